The van der Waals surface area contributed by atoms with Crippen LogP contribution in [0.5, 0.6) is 17.2 Å². The number of methoxy groups -OCH3 is 3. The van der Waals surface area contributed by atoms with Gasteiger partial charge in [0, 0.05) is 38.0 Å². The van der Waals surface area contributed by atoms with E-state index in [0.717, 1.165) is 0 Å². The Bertz CT molecular complexity index is 576. The summed E-state index contributed by atoms with van der Waals surface area (Å²) in [4.78, 5) is 24.2. The summed E-state index contributed by atoms with van der Waals surface area (Å²) in [6, 6.07) is 3.31. The standard InChI is InChI=1S/C16H20O7/c1-16(2)22-14(17)11(15(18)23-16)8-10-12(20-4)6-9(19-3)7-13(10)21-5/h6-7,11H,8H2,1-5H3. The zero-order valence-corrected chi connectivity index (χ0v) is 13.8. The molecule has 0 amide bonds. The van der Waals surface area contributed by atoms with Crippen molar-refractivity contribution in [3.63, 3.8) is 0 Å². The van der Waals surface area contributed by atoms with Crippen molar-refractivity contribution in [1.29, 1.82) is 0 Å². The molecule has 1 fully saturated rings. The van der Waals surface area contributed by atoms with Gasteiger partial charge >= 0.3 is 11.9 Å². The van der Waals surface area contributed by atoms with Crippen LogP contribution in [0.2, 0.25) is 0 Å². The fraction of sp³-hybridized carbons (Fsp3) is 0.500. The highest BCUT2D eigenvalue weighted by Crippen LogP contribution is 2.37. The van der Waals surface area contributed by atoms with Gasteiger partial charge in [-0.3, -0.25) is 9.59 Å². The normalized spacial score (nSPS) is 17.3. The molecular weight excluding hydrogens is 304 g/mol. The van der Waals surface area contributed by atoms with E-state index in [4.69, 9.17) is 23.7 Å². The second-order valence-corrected chi connectivity index (χ2v) is 5.51. The average Bonchev–Trinajstić information content (AvgIpc) is 2.49. The van der Waals surface area contributed by atoms with Crippen LogP contribution in [0.1, 0.15) is 19.4 Å². The zero-order chi connectivity index (χ0) is 17.2. The number of rotatable bonds is 5. The molecule has 0 atom stereocenters. The van der Waals surface area contributed by atoms with Crippen molar-refractivity contribution in [2.75, 3.05) is 21.3 Å². The van der Waals surface area contributed by atoms with Crippen LogP contribution in [-0.2, 0) is 25.5 Å². The van der Waals surface area contributed by atoms with Crippen molar-refractivity contribution in [1.82, 2.24) is 0 Å². The third-order valence-electron chi connectivity index (χ3n) is 3.49. The predicted molar refractivity (Wildman–Crippen MR) is 79.6 cm³/mol. The second kappa shape index (κ2) is 6.36. The maximum Gasteiger partial charge on any atom is 0.323 e. The Morgan fingerprint density at radius 1 is 0.957 bits per heavy atom. The summed E-state index contributed by atoms with van der Waals surface area (Å²) in [5, 5.41) is 0. The minimum absolute atomic E-state index is 0.0457. The summed E-state index contributed by atoms with van der Waals surface area (Å²) < 4.78 is 26.1. The molecule has 7 nitrogen and oxygen atoms in total. The molecule has 23 heavy (non-hydrogen) atoms. The van der Waals surface area contributed by atoms with Gasteiger partial charge in [-0.25, -0.2) is 0 Å². The van der Waals surface area contributed by atoms with Gasteiger partial charge in [0.15, 0.2) is 5.92 Å². The maximum atomic E-state index is 12.1. The van der Waals surface area contributed by atoms with Crippen molar-refractivity contribution in [2.45, 2.75) is 26.1 Å². The Labute approximate surface area is 134 Å². The van der Waals surface area contributed by atoms with Crippen molar-refractivity contribution >= 4 is 11.9 Å². The van der Waals surface area contributed by atoms with Gasteiger partial charge in [0.25, 0.3) is 5.79 Å². The molecule has 0 aromatic heterocycles. The summed E-state index contributed by atoms with van der Waals surface area (Å²) in [7, 11) is 4.49. The van der Waals surface area contributed by atoms with E-state index in [1.54, 1.807) is 12.1 Å². The van der Waals surface area contributed by atoms with Crippen LogP contribution < -0.4 is 14.2 Å². The molecular formula is C16H20O7. The van der Waals surface area contributed by atoms with Crippen LogP contribution in [0.4, 0.5) is 0 Å². The molecule has 1 aromatic carbocycles. The summed E-state index contributed by atoms with van der Waals surface area (Å²) in [5.74, 6) is -2.15. The van der Waals surface area contributed by atoms with E-state index in [2.05, 4.69) is 0 Å². The third kappa shape index (κ3) is 3.49. The number of hydrogen-bond acceptors (Lipinski definition) is 7. The van der Waals surface area contributed by atoms with E-state index in [1.807, 2.05) is 0 Å². The number of ether oxygens (including phenoxy) is 5. The van der Waals surface area contributed by atoms with Gasteiger partial charge < -0.3 is 23.7 Å². The van der Waals surface area contributed by atoms with Crippen LogP contribution in [0.3, 0.4) is 0 Å². The molecule has 0 saturated carbocycles. The summed E-state index contributed by atoms with van der Waals surface area (Å²) in [5.41, 5.74) is 0.564. The number of cyclic esters (lactones) is 2. The van der Waals surface area contributed by atoms with E-state index in [1.165, 1.54) is 35.2 Å². The number of carbonyl (C=O) groups excluding carboxylic acids is 2. The molecule has 1 aliphatic heterocycles. The lowest BCUT2D eigenvalue weighted by molar-refractivity contribution is -0.239. The van der Waals surface area contributed by atoms with Crippen molar-refractivity contribution < 1.29 is 33.3 Å². The van der Waals surface area contributed by atoms with Gasteiger partial charge in [0.05, 0.1) is 21.3 Å². The van der Waals surface area contributed by atoms with Crippen LogP contribution in [-0.4, -0.2) is 39.1 Å². The molecule has 0 spiro atoms. The van der Waals surface area contributed by atoms with E-state index in [9.17, 15) is 9.59 Å². The molecule has 0 unspecified atom stereocenters. The Hall–Kier alpha value is -2.44. The molecule has 0 N–H and O–H groups in total. The van der Waals surface area contributed by atoms with Crippen molar-refractivity contribution in [3.8, 4) is 17.2 Å². The molecule has 2 rings (SSSR count). The molecule has 0 radical (unpaired) electrons. The summed E-state index contributed by atoms with van der Waals surface area (Å²) in [6.45, 7) is 3.02. The summed E-state index contributed by atoms with van der Waals surface area (Å²) in [6.07, 6.45) is 0.0457. The van der Waals surface area contributed by atoms with E-state index in [-0.39, 0.29) is 6.42 Å². The van der Waals surface area contributed by atoms with Crippen LogP contribution in [0.25, 0.3) is 0 Å². The van der Waals surface area contributed by atoms with Gasteiger partial charge in [-0.1, -0.05) is 0 Å². The third-order valence-corrected chi connectivity index (χ3v) is 3.49. The molecule has 0 aliphatic carbocycles. The first kappa shape index (κ1) is 16.9. The topological polar surface area (TPSA) is 80.3 Å². The van der Waals surface area contributed by atoms with Gasteiger partial charge in [0.2, 0.25) is 0 Å². The molecule has 0 bridgehead atoms. The lowest BCUT2D eigenvalue weighted by Crippen LogP contribution is -2.47. The van der Waals surface area contributed by atoms with Gasteiger partial charge in [-0.15, -0.1) is 0 Å². The first-order valence-corrected chi connectivity index (χ1v) is 7.06. The fourth-order valence-corrected chi connectivity index (χ4v) is 2.39. The van der Waals surface area contributed by atoms with Gasteiger partial charge in [-0.05, 0) is 0 Å². The molecule has 7 heteroatoms. The summed E-state index contributed by atoms with van der Waals surface area (Å²) >= 11 is 0. The van der Waals surface area contributed by atoms with E-state index in [0.29, 0.717) is 22.8 Å². The molecule has 1 heterocycles. The fourth-order valence-electron chi connectivity index (χ4n) is 2.39. The minimum Gasteiger partial charge on any atom is -0.496 e. The predicted octanol–water partition coefficient (Wildman–Crippen LogP) is 1.71. The van der Waals surface area contributed by atoms with Gasteiger partial charge in [-0.2, -0.15) is 0 Å². The first-order valence-electron chi connectivity index (χ1n) is 7.06. The van der Waals surface area contributed by atoms with Crippen LogP contribution in [0.15, 0.2) is 12.1 Å². The van der Waals surface area contributed by atoms with Gasteiger partial charge in [0.1, 0.15) is 17.2 Å². The van der Waals surface area contributed by atoms with E-state index >= 15 is 0 Å². The smallest absolute Gasteiger partial charge is 0.323 e. The maximum absolute atomic E-state index is 12.1. The quantitative estimate of drug-likeness (QED) is 0.602. The average molecular weight is 324 g/mol. The minimum atomic E-state index is -1.25. The molecule has 1 saturated heterocycles. The monoisotopic (exact) mass is 324 g/mol. The number of esters is 2. The van der Waals surface area contributed by atoms with E-state index < -0.39 is 23.6 Å². The second-order valence-electron chi connectivity index (χ2n) is 5.51. The van der Waals surface area contributed by atoms with Crippen LogP contribution >= 0.6 is 0 Å². The molecule has 1 aromatic rings. The SMILES string of the molecule is COc1cc(OC)c(CC2C(=O)OC(C)(C)OC2=O)c(OC)c1. The Balaban J connectivity index is 2.36. The number of hydrogen-bond donors (Lipinski definition) is 0. The lowest BCUT2D eigenvalue weighted by Gasteiger charge is -2.33. The largest absolute Gasteiger partial charge is 0.496 e. The highest BCUT2D eigenvalue weighted by atomic mass is 16.7. The van der Waals surface area contributed by atoms with Crippen molar-refractivity contribution in [3.05, 3.63) is 17.7 Å². The Morgan fingerprint density at radius 3 is 1.83 bits per heavy atom. The number of carbonyl (C=O) groups is 2. The van der Waals surface area contributed by atoms with Crippen LogP contribution in [0, 0.1) is 5.92 Å². The zero-order valence-electron chi connectivity index (χ0n) is 13.8. The highest BCUT2D eigenvalue weighted by Gasteiger charge is 2.43. The number of benzene rings is 1. The van der Waals surface area contributed by atoms with Crippen molar-refractivity contribution in [2.24, 2.45) is 5.92 Å². The lowest BCUT2D eigenvalue weighted by atomic mass is 9.96. The molecule has 126 valence electrons. The first-order chi connectivity index (χ1) is 10.8. The molecule has 1 aliphatic rings. The Morgan fingerprint density at radius 2 is 1.43 bits per heavy atom. The highest BCUT2D eigenvalue weighted by molar-refractivity contribution is 5.97. The Kier molecular flexibility index (Phi) is 4.68.